The van der Waals surface area contributed by atoms with Crippen LogP contribution in [0, 0.1) is 5.92 Å². The standard InChI is InChI=1S/C22H35N3O4S/c1-3-19-5-6-20(17-21(19)30(27,28)25-13-15-29-16-14-25)22(26)23-9-4-10-24-11-7-18(2)8-12-24/h5-6,17-18H,3-4,7-16H2,1-2H3,(H,23,26). The number of hydrogen-bond donors (Lipinski definition) is 1. The molecule has 1 aromatic carbocycles. The van der Waals surface area contributed by atoms with Gasteiger partial charge in [0, 0.05) is 25.2 Å². The first kappa shape index (κ1) is 23.2. The molecule has 0 saturated carbocycles. The highest BCUT2D eigenvalue weighted by molar-refractivity contribution is 7.89. The van der Waals surface area contributed by atoms with Crippen molar-refractivity contribution < 1.29 is 17.9 Å². The number of sulfonamides is 1. The molecule has 1 amide bonds. The SMILES string of the molecule is CCc1ccc(C(=O)NCCCN2CCC(C)CC2)cc1S(=O)(=O)N1CCOCC1. The lowest BCUT2D eigenvalue weighted by molar-refractivity contribution is 0.0730. The summed E-state index contributed by atoms with van der Waals surface area (Å²) >= 11 is 0. The molecule has 2 aliphatic heterocycles. The van der Waals surface area contributed by atoms with Crippen LogP contribution in [0.25, 0.3) is 0 Å². The smallest absolute Gasteiger partial charge is 0.251 e. The van der Waals surface area contributed by atoms with Crippen molar-refractivity contribution in [2.24, 2.45) is 5.92 Å². The van der Waals surface area contributed by atoms with Crippen LogP contribution in [-0.4, -0.2) is 76.0 Å². The maximum Gasteiger partial charge on any atom is 0.251 e. The van der Waals surface area contributed by atoms with Gasteiger partial charge in [-0.1, -0.05) is 19.9 Å². The Balaban J connectivity index is 1.60. The highest BCUT2D eigenvalue weighted by atomic mass is 32.2. The highest BCUT2D eigenvalue weighted by Gasteiger charge is 2.29. The molecular formula is C22H35N3O4S. The number of hydrogen-bond acceptors (Lipinski definition) is 5. The molecule has 0 aliphatic carbocycles. The lowest BCUT2D eigenvalue weighted by Crippen LogP contribution is -2.41. The van der Waals surface area contributed by atoms with E-state index < -0.39 is 10.0 Å². The van der Waals surface area contributed by atoms with Crippen molar-refractivity contribution in [3.05, 3.63) is 29.3 Å². The molecule has 0 spiro atoms. The van der Waals surface area contributed by atoms with Gasteiger partial charge in [-0.25, -0.2) is 8.42 Å². The summed E-state index contributed by atoms with van der Waals surface area (Å²) in [5, 5.41) is 2.95. The van der Waals surface area contributed by atoms with Crippen molar-refractivity contribution >= 4 is 15.9 Å². The zero-order valence-electron chi connectivity index (χ0n) is 18.2. The maximum absolute atomic E-state index is 13.1. The van der Waals surface area contributed by atoms with Gasteiger partial charge in [-0.05, 0) is 68.9 Å². The van der Waals surface area contributed by atoms with Crippen LogP contribution in [0.5, 0.6) is 0 Å². The minimum atomic E-state index is -3.64. The van der Waals surface area contributed by atoms with Crippen LogP contribution < -0.4 is 5.32 Å². The fraction of sp³-hybridized carbons (Fsp3) is 0.682. The van der Waals surface area contributed by atoms with Gasteiger partial charge in [0.1, 0.15) is 0 Å². The molecule has 168 valence electrons. The number of carbonyl (C=O) groups is 1. The van der Waals surface area contributed by atoms with Crippen molar-refractivity contribution in [1.82, 2.24) is 14.5 Å². The first-order chi connectivity index (χ1) is 14.4. The molecule has 2 heterocycles. The molecule has 7 nitrogen and oxygen atoms in total. The molecule has 30 heavy (non-hydrogen) atoms. The number of carbonyl (C=O) groups excluding carboxylic acids is 1. The number of likely N-dealkylation sites (tertiary alicyclic amines) is 1. The van der Waals surface area contributed by atoms with Gasteiger partial charge in [0.05, 0.1) is 18.1 Å². The Hall–Kier alpha value is -1.48. The van der Waals surface area contributed by atoms with Crippen molar-refractivity contribution in [3.8, 4) is 0 Å². The summed E-state index contributed by atoms with van der Waals surface area (Å²) in [5.41, 5.74) is 1.13. The predicted octanol–water partition coefficient (Wildman–Crippen LogP) is 2.12. The van der Waals surface area contributed by atoms with Gasteiger partial charge in [-0.3, -0.25) is 4.79 Å². The van der Waals surface area contributed by atoms with Gasteiger partial charge in [0.25, 0.3) is 5.91 Å². The van der Waals surface area contributed by atoms with Gasteiger partial charge in [0.2, 0.25) is 10.0 Å². The largest absolute Gasteiger partial charge is 0.379 e. The van der Waals surface area contributed by atoms with Crippen molar-refractivity contribution in [1.29, 1.82) is 0 Å². The number of amides is 1. The lowest BCUT2D eigenvalue weighted by Gasteiger charge is -2.30. The van der Waals surface area contributed by atoms with Gasteiger partial charge in [-0.15, -0.1) is 0 Å². The van der Waals surface area contributed by atoms with E-state index in [-0.39, 0.29) is 10.8 Å². The Morgan fingerprint density at radius 1 is 1.17 bits per heavy atom. The fourth-order valence-electron chi connectivity index (χ4n) is 4.05. The summed E-state index contributed by atoms with van der Waals surface area (Å²) in [6.45, 7) is 9.56. The molecular weight excluding hydrogens is 402 g/mol. The van der Waals surface area contributed by atoms with Crippen molar-refractivity contribution in [2.75, 3.05) is 52.5 Å². The summed E-state index contributed by atoms with van der Waals surface area (Å²) in [7, 11) is -3.64. The van der Waals surface area contributed by atoms with E-state index in [1.54, 1.807) is 12.1 Å². The molecule has 2 saturated heterocycles. The number of rotatable bonds is 8. The van der Waals surface area contributed by atoms with Crippen molar-refractivity contribution in [3.63, 3.8) is 0 Å². The third-order valence-electron chi connectivity index (χ3n) is 6.11. The molecule has 3 rings (SSSR count). The third-order valence-corrected chi connectivity index (χ3v) is 8.09. The van der Waals surface area contributed by atoms with Crippen LogP contribution in [0.3, 0.4) is 0 Å². The molecule has 0 bridgehead atoms. The molecule has 8 heteroatoms. The molecule has 0 atom stereocenters. The van der Waals surface area contributed by atoms with E-state index in [1.807, 2.05) is 6.92 Å². The average molecular weight is 438 g/mol. The first-order valence-corrected chi connectivity index (χ1v) is 12.6. The van der Waals surface area contributed by atoms with Gasteiger partial charge in [0.15, 0.2) is 0 Å². The van der Waals surface area contributed by atoms with Crippen molar-refractivity contribution in [2.45, 2.75) is 44.4 Å². The summed E-state index contributed by atoms with van der Waals surface area (Å²) in [6.07, 6.45) is 3.98. The van der Waals surface area contributed by atoms with Gasteiger partial charge in [-0.2, -0.15) is 4.31 Å². The third kappa shape index (κ3) is 5.81. The highest BCUT2D eigenvalue weighted by Crippen LogP contribution is 2.23. The Morgan fingerprint density at radius 3 is 2.53 bits per heavy atom. The van der Waals surface area contributed by atoms with Crippen LogP contribution in [-0.2, 0) is 21.2 Å². The molecule has 0 radical (unpaired) electrons. The second-order valence-corrected chi connectivity index (χ2v) is 10.2. The number of piperidine rings is 1. The van der Waals surface area contributed by atoms with E-state index in [1.165, 1.54) is 23.2 Å². The zero-order chi connectivity index (χ0) is 21.6. The summed E-state index contributed by atoms with van der Waals surface area (Å²) in [6, 6.07) is 5.01. The topological polar surface area (TPSA) is 79.0 Å². The van der Waals surface area contributed by atoms with Gasteiger partial charge < -0.3 is 15.0 Å². The molecule has 0 aromatic heterocycles. The number of ether oxygens (including phenoxy) is 1. The second kappa shape index (κ2) is 10.7. The Bertz CT molecular complexity index is 814. The number of nitrogens with one attached hydrogen (secondary N) is 1. The second-order valence-electron chi connectivity index (χ2n) is 8.33. The predicted molar refractivity (Wildman–Crippen MR) is 117 cm³/mol. The normalized spacial score (nSPS) is 19.7. The Morgan fingerprint density at radius 2 is 1.87 bits per heavy atom. The van der Waals surface area contributed by atoms with E-state index in [0.717, 1.165) is 37.5 Å². The molecule has 0 unspecified atom stereocenters. The minimum absolute atomic E-state index is 0.219. The lowest BCUT2D eigenvalue weighted by atomic mass is 9.99. The summed E-state index contributed by atoms with van der Waals surface area (Å²) < 4.78 is 33.0. The van der Waals surface area contributed by atoms with Crippen LogP contribution in [0.15, 0.2) is 23.1 Å². The molecule has 2 aliphatic rings. The van der Waals surface area contributed by atoms with E-state index in [9.17, 15) is 13.2 Å². The average Bonchev–Trinajstić information content (AvgIpc) is 2.78. The molecule has 1 aromatic rings. The fourth-order valence-corrected chi connectivity index (χ4v) is 5.77. The molecule has 2 fully saturated rings. The van der Waals surface area contributed by atoms with Crippen LogP contribution in [0.4, 0.5) is 0 Å². The first-order valence-electron chi connectivity index (χ1n) is 11.1. The van der Waals surface area contributed by atoms with Crippen LogP contribution in [0.1, 0.15) is 49.0 Å². The number of morpholine rings is 1. The zero-order valence-corrected chi connectivity index (χ0v) is 19.0. The summed E-state index contributed by atoms with van der Waals surface area (Å²) in [4.78, 5) is 15.3. The monoisotopic (exact) mass is 437 g/mol. The molecule has 1 N–H and O–H groups in total. The summed E-state index contributed by atoms with van der Waals surface area (Å²) in [5.74, 6) is 0.596. The van der Waals surface area contributed by atoms with E-state index in [2.05, 4.69) is 17.1 Å². The maximum atomic E-state index is 13.1. The van der Waals surface area contributed by atoms with Gasteiger partial charge >= 0.3 is 0 Å². The van der Waals surface area contributed by atoms with Crippen LogP contribution >= 0.6 is 0 Å². The van der Waals surface area contributed by atoms with E-state index >= 15 is 0 Å². The Kier molecular flexibility index (Phi) is 8.27. The quantitative estimate of drug-likeness (QED) is 0.631. The van der Waals surface area contributed by atoms with E-state index in [0.29, 0.717) is 44.8 Å². The number of nitrogens with zero attached hydrogens (tertiary/aromatic N) is 2. The Labute approximate surface area is 180 Å². The number of benzene rings is 1. The van der Waals surface area contributed by atoms with Crippen LogP contribution in [0.2, 0.25) is 0 Å². The number of aryl methyl sites for hydroxylation is 1. The minimum Gasteiger partial charge on any atom is -0.379 e. The van der Waals surface area contributed by atoms with E-state index in [4.69, 9.17) is 4.74 Å².